The van der Waals surface area contributed by atoms with E-state index in [0.717, 1.165) is 0 Å². The van der Waals surface area contributed by atoms with E-state index < -0.39 is 5.92 Å². The van der Waals surface area contributed by atoms with Crippen LogP contribution in [0, 0.1) is 22.7 Å². The number of phenols is 1. The molecule has 0 spiro atoms. The number of nitriles is 2. The van der Waals surface area contributed by atoms with Crippen LogP contribution in [0.2, 0.25) is 0 Å². The molecule has 0 amide bonds. The van der Waals surface area contributed by atoms with Crippen molar-refractivity contribution in [1.82, 2.24) is 0 Å². The number of allylic oxidation sites excluding steroid dienone is 1. The fourth-order valence-electron chi connectivity index (χ4n) is 3.55. The zero-order chi connectivity index (χ0) is 21.3. The highest BCUT2D eigenvalue weighted by atomic mass is 16.5. The van der Waals surface area contributed by atoms with E-state index in [4.69, 9.17) is 15.7 Å². The molecule has 0 fully saturated rings. The van der Waals surface area contributed by atoms with Crippen LogP contribution in [0.1, 0.15) is 38.5 Å². The van der Waals surface area contributed by atoms with Gasteiger partial charge in [0, 0.05) is 5.56 Å². The number of nitrogens with zero attached hydrogens (tertiary/aromatic N) is 2. The second-order valence-electron chi connectivity index (χ2n) is 6.73. The third kappa shape index (κ3) is 3.03. The summed E-state index contributed by atoms with van der Waals surface area (Å²) in [6.45, 7) is 0. The zero-order valence-corrected chi connectivity index (χ0v) is 15.7. The third-order valence-corrected chi connectivity index (χ3v) is 5.01. The van der Waals surface area contributed by atoms with E-state index in [9.17, 15) is 15.2 Å². The number of rotatable bonds is 3. The van der Waals surface area contributed by atoms with Gasteiger partial charge in [-0.25, -0.2) is 0 Å². The van der Waals surface area contributed by atoms with Crippen molar-refractivity contribution in [3.63, 3.8) is 0 Å². The first kappa shape index (κ1) is 18.8. The van der Waals surface area contributed by atoms with E-state index in [1.807, 2.05) is 12.1 Å². The number of phenolic OH excluding ortho intramolecular Hbond substituents is 1. The minimum absolute atomic E-state index is 0.0686. The van der Waals surface area contributed by atoms with Gasteiger partial charge in [-0.3, -0.25) is 4.79 Å². The Balaban J connectivity index is 1.91. The summed E-state index contributed by atoms with van der Waals surface area (Å²) in [6.07, 6.45) is 0. The standard InChI is InChI=1S/C24H15N3O3/c25-12-14-6-8-15(9-7-14)20-18(13-26)24(27)30-19-11-10-17(23(29)21(19)20)22(28)16-4-2-1-3-5-16/h1-11,20,29H,27H2. The molecular weight excluding hydrogens is 378 g/mol. The van der Waals surface area contributed by atoms with Crippen molar-refractivity contribution in [3.8, 4) is 23.6 Å². The lowest BCUT2D eigenvalue weighted by Crippen LogP contribution is -2.21. The Hall–Kier alpha value is -4.55. The van der Waals surface area contributed by atoms with Crippen LogP contribution in [0.3, 0.4) is 0 Å². The maximum atomic E-state index is 13.0. The highest BCUT2D eigenvalue weighted by Gasteiger charge is 2.35. The van der Waals surface area contributed by atoms with Gasteiger partial charge in [0.15, 0.2) is 5.78 Å². The third-order valence-electron chi connectivity index (χ3n) is 5.01. The molecule has 0 aliphatic carbocycles. The van der Waals surface area contributed by atoms with E-state index in [0.29, 0.717) is 16.7 Å². The highest BCUT2D eigenvalue weighted by molar-refractivity contribution is 6.11. The lowest BCUT2D eigenvalue weighted by Gasteiger charge is -2.28. The van der Waals surface area contributed by atoms with Gasteiger partial charge >= 0.3 is 0 Å². The quantitative estimate of drug-likeness (QED) is 0.655. The molecule has 3 aromatic rings. The molecule has 3 N–H and O–H groups in total. The number of nitrogens with two attached hydrogens (primary N) is 1. The monoisotopic (exact) mass is 393 g/mol. The van der Waals surface area contributed by atoms with Gasteiger partial charge in [0.2, 0.25) is 5.88 Å². The molecule has 1 aliphatic heterocycles. The predicted molar refractivity (Wildman–Crippen MR) is 108 cm³/mol. The molecule has 0 saturated carbocycles. The summed E-state index contributed by atoms with van der Waals surface area (Å²) in [4.78, 5) is 13.0. The van der Waals surface area contributed by atoms with Crippen molar-refractivity contribution in [1.29, 1.82) is 10.5 Å². The van der Waals surface area contributed by atoms with Crippen LogP contribution < -0.4 is 10.5 Å². The molecule has 6 nitrogen and oxygen atoms in total. The first-order chi connectivity index (χ1) is 14.5. The zero-order valence-electron chi connectivity index (χ0n) is 15.7. The molecular formula is C24H15N3O3. The molecule has 1 aliphatic rings. The van der Waals surface area contributed by atoms with E-state index in [2.05, 4.69) is 0 Å². The van der Waals surface area contributed by atoms with E-state index >= 15 is 0 Å². The minimum atomic E-state index is -0.741. The van der Waals surface area contributed by atoms with Gasteiger partial charge in [-0.2, -0.15) is 10.5 Å². The maximum absolute atomic E-state index is 13.0. The lowest BCUT2D eigenvalue weighted by atomic mass is 9.81. The summed E-state index contributed by atoms with van der Waals surface area (Å²) in [5.41, 5.74) is 7.98. The summed E-state index contributed by atoms with van der Waals surface area (Å²) in [7, 11) is 0. The Morgan fingerprint density at radius 1 is 0.967 bits per heavy atom. The highest BCUT2D eigenvalue weighted by Crippen LogP contribution is 2.47. The summed E-state index contributed by atoms with van der Waals surface area (Å²) in [6, 6.07) is 22.3. The molecule has 4 rings (SSSR count). The summed E-state index contributed by atoms with van der Waals surface area (Å²) < 4.78 is 5.56. The number of aromatic hydroxyl groups is 1. The number of ether oxygens (including phenoxy) is 1. The van der Waals surface area contributed by atoms with Crippen LogP contribution in [0.15, 0.2) is 78.2 Å². The largest absolute Gasteiger partial charge is 0.507 e. The van der Waals surface area contributed by atoms with Crippen LogP contribution in [0.5, 0.6) is 11.5 Å². The van der Waals surface area contributed by atoms with E-state index in [1.165, 1.54) is 6.07 Å². The molecule has 0 bridgehead atoms. The molecule has 144 valence electrons. The van der Waals surface area contributed by atoms with Crippen LogP contribution in [0.4, 0.5) is 0 Å². The molecule has 0 saturated heterocycles. The van der Waals surface area contributed by atoms with Gasteiger partial charge in [0.1, 0.15) is 23.1 Å². The number of benzene rings is 3. The number of fused-ring (bicyclic) bond motifs is 1. The lowest BCUT2D eigenvalue weighted by molar-refractivity contribution is 0.103. The van der Waals surface area contributed by atoms with E-state index in [-0.39, 0.29) is 39.9 Å². The van der Waals surface area contributed by atoms with Crippen LogP contribution >= 0.6 is 0 Å². The Bertz CT molecular complexity index is 1260. The smallest absolute Gasteiger partial charge is 0.205 e. The molecule has 1 heterocycles. The van der Waals surface area contributed by atoms with Crippen molar-refractivity contribution in [3.05, 3.63) is 106 Å². The van der Waals surface area contributed by atoms with Crippen molar-refractivity contribution < 1.29 is 14.6 Å². The van der Waals surface area contributed by atoms with Crippen LogP contribution in [-0.2, 0) is 0 Å². The molecule has 1 unspecified atom stereocenters. The van der Waals surface area contributed by atoms with Gasteiger partial charge in [-0.1, -0.05) is 42.5 Å². The molecule has 1 atom stereocenters. The van der Waals surface area contributed by atoms with Gasteiger partial charge < -0.3 is 15.6 Å². The average molecular weight is 393 g/mol. The Kier molecular flexibility index (Phi) is 4.67. The SMILES string of the molecule is N#CC1=C(N)Oc2ccc(C(=O)c3ccccc3)c(O)c2C1c1ccc(C#N)cc1. The van der Waals surface area contributed by atoms with Crippen molar-refractivity contribution in [2.75, 3.05) is 0 Å². The molecule has 3 aromatic carbocycles. The van der Waals surface area contributed by atoms with Crippen LogP contribution in [0.25, 0.3) is 0 Å². The van der Waals surface area contributed by atoms with Crippen molar-refractivity contribution in [2.24, 2.45) is 5.73 Å². The maximum Gasteiger partial charge on any atom is 0.205 e. The molecule has 6 heteroatoms. The summed E-state index contributed by atoms with van der Waals surface area (Å²) >= 11 is 0. The van der Waals surface area contributed by atoms with Crippen molar-refractivity contribution in [2.45, 2.75) is 5.92 Å². The van der Waals surface area contributed by atoms with Gasteiger partial charge in [0.05, 0.1) is 28.7 Å². The molecule has 0 aromatic heterocycles. The Labute approximate surface area is 172 Å². The fraction of sp³-hybridized carbons (Fsp3) is 0.0417. The Morgan fingerprint density at radius 2 is 1.67 bits per heavy atom. The summed E-state index contributed by atoms with van der Waals surface area (Å²) in [5.74, 6) is -1.16. The fourth-order valence-corrected chi connectivity index (χ4v) is 3.55. The summed E-state index contributed by atoms with van der Waals surface area (Å²) in [5, 5.41) is 29.8. The predicted octanol–water partition coefficient (Wildman–Crippen LogP) is 3.71. The number of carbonyl (C=O) groups excluding carboxylic acids is 1. The van der Waals surface area contributed by atoms with Gasteiger partial charge in [-0.05, 0) is 29.8 Å². The second-order valence-corrected chi connectivity index (χ2v) is 6.73. The second kappa shape index (κ2) is 7.46. The number of hydrogen-bond acceptors (Lipinski definition) is 6. The first-order valence-electron chi connectivity index (χ1n) is 9.08. The van der Waals surface area contributed by atoms with E-state index in [1.54, 1.807) is 60.7 Å². The van der Waals surface area contributed by atoms with Gasteiger partial charge in [-0.15, -0.1) is 0 Å². The average Bonchev–Trinajstić information content (AvgIpc) is 2.78. The number of carbonyl (C=O) groups is 1. The normalized spacial score (nSPS) is 14.8. The van der Waals surface area contributed by atoms with Crippen LogP contribution in [-0.4, -0.2) is 10.9 Å². The Morgan fingerprint density at radius 3 is 2.30 bits per heavy atom. The van der Waals surface area contributed by atoms with Crippen molar-refractivity contribution >= 4 is 5.78 Å². The molecule has 0 radical (unpaired) electrons. The minimum Gasteiger partial charge on any atom is -0.507 e. The van der Waals surface area contributed by atoms with Gasteiger partial charge in [0.25, 0.3) is 0 Å². The number of ketones is 1. The molecule has 30 heavy (non-hydrogen) atoms. The number of hydrogen-bond donors (Lipinski definition) is 2. The first-order valence-corrected chi connectivity index (χ1v) is 9.08. The topological polar surface area (TPSA) is 120 Å².